The average Bonchev–Trinajstić information content (AvgIpc) is 2.86. The summed E-state index contributed by atoms with van der Waals surface area (Å²) < 4.78 is 26.9. The fourth-order valence-corrected chi connectivity index (χ4v) is 5.49. The quantitative estimate of drug-likeness (QED) is 0.927. The molecule has 0 spiro atoms. The van der Waals surface area contributed by atoms with Gasteiger partial charge in [-0.15, -0.1) is 23.7 Å². The van der Waals surface area contributed by atoms with Crippen molar-refractivity contribution in [1.82, 2.24) is 4.31 Å². The molecule has 2 rings (SSSR count). The molecule has 0 amide bonds. The zero-order valence-electron chi connectivity index (χ0n) is 10.5. The Labute approximate surface area is 119 Å². The number of hydrogen-bond acceptors (Lipinski definition) is 4. The minimum atomic E-state index is -3.33. The maximum Gasteiger partial charge on any atom is 0.252 e. The smallest absolute Gasteiger partial charge is 0.252 e. The fourth-order valence-electron chi connectivity index (χ4n) is 2.14. The second-order valence-electron chi connectivity index (χ2n) is 4.45. The largest absolute Gasteiger partial charge is 0.329 e. The van der Waals surface area contributed by atoms with Crippen molar-refractivity contribution in [3.05, 3.63) is 16.5 Å². The van der Waals surface area contributed by atoms with E-state index in [2.05, 4.69) is 0 Å². The number of sulfonamides is 1. The lowest BCUT2D eigenvalue weighted by Crippen LogP contribution is -2.39. The van der Waals surface area contributed by atoms with Crippen molar-refractivity contribution in [2.75, 3.05) is 13.1 Å². The van der Waals surface area contributed by atoms with Crippen molar-refractivity contribution in [2.45, 2.75) is 36.9 Å². The Morgan fingerprint density at radius 1 is 1.50 bits per heavy atom. The molecule has 1 unspecified atom stereocenters. The molecule has 0 aromatic carbocycles. The number of thiophene rings is 1. The van der Waals surface area contributed by atoms with Crippen molar-refractivity contribution in [3.8, 4) is 0 Å². The van der Waals surface area contributed by atoms with Crippen molar-refractivity contribution < 1.29 is 8.42 Å². The molecule has 2 N–H and O–H groups in total. The minimum absolute atomic E-state index is 0. The number of halogens is 1. The van der Waals surface area contributed by atoms with Crippen molar-refractivity contribution >= 4 is 33.8 Å². The lowest BCUT2D eigenvalue weighted by molar-refractivity contribution is 0.394. The van der Waals surface area contributed by atoms with Gasteiger partial charge in [-0.3, -0.25) is 0 Å². The second-order valence-corrected chi connectivity index (χ2v) is 7.83. The number of rotatable bonds is 3. The van der Waals surface area contributed by atoms with E-state index in [-0.39, 0.29) is 18.4 Å². The van der Waals surface area contributed by atoms with Crippen LogP contribution >= 0.6 is 23.7 Å². The van der Waals surface area contributed by atoms with Crippen LogP contribution < -0.4 is 5.73 Å². The molecule has 4 nitrogen and oxygen atoms in total. The highest BCUT2D eigenvalue weighted by Crippen LogP contribution is 2.31. The van der Waals surface area contributed by atoms with Crippen LogP contribution in [-0.4, -0.2) is 31.9 Å². The lowest BCUT2D eigenvalue weighted by Gasteiger charge is -2.21. The van der Waals surface area contributed by atoms with E-state index < -0.39 is 10.0 Å². The molecule has 1 aromatic rings. The molecule has 1 aliphatic heterocycles. The summed E-state index contributed by atoms with van der Waals surface area (Å²) in [5.41, 5.74) is 6.67. The van der Waals surface area contributed by atoms with Gasteiger partial charge in [-0.25, -0.2) is 8.42 Å². The van der Waals surface area contributed by atoms with Crippen LogP contribution in [0.15, 0.2) is 10.3 Å². The Bertz CT molecular complexity index is 494. The van der Waals surface area contributed by atoms with E-state index in [4.69, 9.17) is 5.73 Å². The summed E-state index contributed by atoms with van der Waals surface area (Å²) in [6.07, 6.45) is 1.78. The van der Waals surface area contributed by atoms with Gasteiger partial charge in [0, 0.05) is 24.0 Å². The van der Waals surface area contributed by atoms with Crippen LogP contribution in [0.3, 0.4) is 0 Å². The van der Waals surface area contributed by atoms with Crippen molar-refractivity contribution in [2.24, 2.45) is 5.73 Å². The first-order valence-corrected chi connectivity index (χ1v) is 8.01. The predicted molar refractivity (Wildman–Crippen MR) is 77.0 cm³/mol. The zero-order valence-corrected chi connectivity index (χ0v) is 13.0. The molecule has 0 bridgehead atoms. The Morgan fingerprint density at radius 3 is 2.67 bits per heavy atom. The van der Waals surface area contributed by atoms with E-state index in [1.165, 1.54) is 11.3 Å². The SMILES string of the molecule is Cc1cc(S(=O)(=O)N2CCCC2CN)sc1C.Cl. The Kier molecular flexibility index (Phi) is 5.20. The van der Waals surface area contributed by atoms with Gasteiger partial charge in [0.25, 0.3) is 10.0 Å². The summed E-state index contributed by atoms with van der Waals surface area (Å²) in [4.78, 5) is 1.06. The molecule has 0 aliphatic carbocycles. The topological polar surface area (TPSA) is 63.4 Å². The fraction of sp³-hybridized carbons (Fsp3) is 0.636. The van der Waals surface area contributed by atoms with Crippen LogP contribution in [0, 0.1) is 13.8 Å². The molecule has 1 atom stereocenters. The molecule has 1 fully saturated rings. The Balaban J connectivity index is 0.00000162. The maximum absolute atomic E-state index is 12.5. The number of aryl methyl sites for hydroxylation is 2. The number of nitrogens with zero attached hydrogens (tertiary/aromatic N) is 1. The zero-order chi connectivity index (χ0) is 12.6. The maximum atomic E-state index is 12.5. The normalized spacial score (nSPS) is 20.9. The van der Waals surface area contributed by atoms with Crippen molar-refractivity contribution in [1.29, 1.82) is 0 Å². The van der Waals surface area contributed by atoms with Crippen LogP contribution in [0.4, 0.5) is 0 Å². The average molecular weight is 311 g/mol. The van der Waals surface area contributed by atoms with Gasteiger partial charge < -0.3 is 5.73 Å². The van der Waals surface area contributed by atoms with Gasteiger partial charge in [-0.1, -0.05) is 0 Å². The molecule has 0 radical (unpaired) electrons. The van der Waals surface area contributed by atoms with Gasteiger partial charge in [0.05, 0.1) is 0 Å². The molecule has 1 aliphatic rings. The van der Waals surface area contributed by atoms with E-state index in [1.807, 2.05) is 13.8 Å². The lowest BCUT2D eigenvalue weighted by atomic mass is 10.2. The molecule has 1 saturated heterocycles. The minimum Gasteiger partial charge on any atom is -0.329 e. The third kappa shape index (κ3) is 2.72. The molecule has 104 valence electrons. The first-order chi connectivity index (χ1) is 7.96. The van der Waals surface area contributed by atoms with Gasteiger partial charge in [0.15, 0.2) is 0 Å². The van der Waals surface area contributed by atoms with Gasteiger partial charge in [0.1, 0.15) is 4.21 Å². The molecule has 0 saturated carbocycles. The number of hydrogen-bond donors (Lipinski definition) is 1. The molecular formula is C11H19ClN2O2S2. The Morgan fingerprint density at radius 2 is 2.17 bits per heavy atom. The highest BCUT2D eigenvalue weighted by Gasteiger charge is 2.35. The standard InChI is InChI=1S/C11H18N2O2S2.ClH/c1-8-6-11(16-9(8)2)17(14,15)13-5-3-4-10(13)7-12;/h6,10H,3-5,7,12H2,1-2H3;1H. The van der Waals surface area contributed by atoms with Gasteiger partial charge >= 0.3 is 0 Å². The van der Waals surface area contributed by atoms with Gasteiger partial charge in [-0.05, 0) is 38.3 Å². The van der Waals surface area contributed by atoms with E-state index in [0.717, 1.165) is 23.3 Å². The van der Waals surface area contributed by atoms with E-state index in [1.54, 1.807) is 10.4 Å². The summed E-state index contributed by atoms with van der Waals surface area (Å²) >= 11 is 1.35. The van der Waals surface area contributed by atoms with Crippen LogP contribution in [0.25, 0.3) is 0 Å². The summed E-state index contributed by atoms with van der Waals surface area (Å²) in [6, 6.07) is 1.74. The monoisotopic (exact) mass is 310 g/mol. The highest BCUT2D eigenvalue weighted by atomic mass is 35.5. The van der Waals surface area contributed by atoms with Gasteiger partial charge in [-0.2, -0.15) is 4.31 Å². The van der Waals surface area contributed by atoms with Crippen LogP contribution in [0.1, 0.15) is 23.3 Å². The number of nitrogens with two attached hydrogens (primary N) is 1. The third-order valence-corrected chi connectivity index (χ3v) is 6.86. The van der Waals surface area contributed by atoms with E-state index in [0.29, 0.717) is 17.3 Å². The van der Waals surface area contributed by atoms with E-state index in [9.17, 15) is 8.42 Å². The molecule has 18 heavy (non-hydrogen) atoms. The molecule has 7 heteroatoms. The Hall–Kier alpha value is -0.140. The van der Waals surface area contributed by atoms with E-state index >= 15 is 0 Å². The summed E-state index contributed by atoms with van der Waals surface area (Å²) in [6.45, 7) is 4.89. The van der Waals surface area contributed by atoms with Crippen molar-refractivity contribution in [3.63, 3.8) is 0 Å². The van der Waals surface area contributed by atoms with Crippen LogP contribution in [0.5, 0.6) is 0 Å². The molecular weight excluding hydrogens is 292 g/mol. The van der Waals surface area contributed by atoms with Crippen LogP contribution in [0.2, 0.25) is 0 Å². The third-order valence-electron chi connectivity index (χ3n) is 3.30. The summed E-state index contributed by atoms with van der Waals surface area (Å²) in [7, 11) is -3.33. The summed E-state index contributed by atoms with van der Waals surface area (Å²) in [5.74, 6) is 0. The van der Waals surface area contributed by atoms with Gasteiger partial charge in [0.2, 0.25) is 0 Å². The first kappa shape index (κ1) is 15.9. The molecule has 2 heterocycles. The summed E-state index contributed by atoms with van der Waals surface area (Å²) in [5, 5.41) is 0. The highest BCUT2D eigenvalue weighted by molar-refractivity contribution is 7.91. The first-order valence-electron chi connectivity index (χ1n) is 5.75. The predicted octanol–water partition coefficient (Wildman–Crippen LogP) is 1.90. The second kappa shape index (κ2) is 5.88. The van der Waals surface area contributed by atoms with Crippen LogP contribution in [-0.2, 0) is 10.0 Å². The molecule has 1 aromatic heterocycles.